The summed E-state index contributed by atoms with van der Waals surface area (Å²) in [4.78, 5) is 27.6. The minimum Gasteiger partial charge on any atom is -0.501 e. The summed E-state index contributed by atoms with van der Waals surface area (Å²) in [6.07, 6.45) is 8.79. The summed E-state index contributed by atoms with van der Waals surface area (Å²) in [5.74, 6) is -1.66. The van der Waals surface area contributed by atoms with Crippen LogP contribution in [-0.4, -0.2) is 20.6 Å². The molecule has 1 aromatic rings. The maximum absolute atomic E-state index is 12.2. The highest BCUT2D eigenvalue weighted by Crippen LogP contribution is 2.32. The zero-order valence-corrected chi connectivity index (χ0v) is 10.7. The van der Waals surface area contributed by atoms with Crippen LogP contribution < -0.4 is 11.3 Å². The Balaban J connectivity index is 2.35. The first-order chi connectivity index (χ1) is 10.1. The lowest BCUT2D eigenvalue weighted by atomic mass is 10.0. The molecule has 0 bridgehead atoms. The molecule has 0 fully saturated rings. The van der Waals surface area contributed by atoms with Gasteiger partial charge in [0.25, 0.3) is 11.5 Å². The molecule has 0 radical (unpaired) electrons. The molecule has 3 heterocycles. The molecule has 2 aliphatic rings. The molecule has 3 N–H and O–H groups in total. The highest BCUT2D eigenvalue weighted by molar-refractivity contribution is 5.93. The second kappa shape index (κ2) is 4.51. The number of carbonyl (C=O) groups is 1. The number of nitrogens with two attached hydrogens (primary N) is 1. The minimum atomic E-state index is -1.21. The van der Waals surface area contributed by atoms with Gasteiger partial charge in [-0.25, -0.2) is 4.98 Å². The molecule has 8 heteroatoms. The summed E-state index contributed by atoms with van der Waals surface area (Å²) in [7, 11) is 0. The number of amides is 1. The number of fused-ring (bicyclic) bond motifs is 2. The molecule has 0 saturated heterocycles. The molecular formula is C13H11N3O5. The van der Waals surface area contributed by atoms with Crippen LogP contribution in [-0.2, 0) is 21.6 Å². The number of carbonyl (C=O) groups excluding carboxylic acids is 1. The third kappa shape index (κ3) is 1.88. The third-order valence-electron chi connectivity index (χ3n) is 3.16. The smallest absolute Gasteiger partial charge is 0.296 e. The van der Waals surface area contributed by atoms with Gasteiger partial charge < -0.3 is 20.3 Å². The highest BCUT2D eigenvalue weighted by atomic mass is 16.5. The summed E-state index contributed by atoms with van der Waals surface area (Å²) in [6, 6.07) is 0. The normalized spacial score (nSPS) is 17.7. The number of ether oxygens (including phenoxy) is 2. The summed E-state index contributed by atoms with van der Waals surface area (Å²) in [5, 5.41) is 9.78. The molecule has 1 aromatic heterocycles. The summed E-state index contributed by atoms with van der Waals surface area (Å²) < 4.78 is 11.8. The molecule has 21 heavy (non-hydrogen) atoms. The molecular weight excluding hydrogens is 278 g/mol. The lowest BCUT2D eigenvalue weighted by Crippen LogP contribution is -2.36. The van der Waals surface area contributed by atoms with Crippen LogP contribution in [0.3, 0.4) is 0 Å². The van der Waals surface area contributed by atoms with E-state index in [0.717, 1.165) is 0 Å². The van der Waals surface area contributed by atoms with Crippen molar-refractivity contribution >= 4 is 5.91 Å². The molecule has 8 nitrogen and oxygen atoms in total. The lowest BCUT2D eigenvalue weighted by Gasteiger charge is -2.28. The van der Waals surface area contributed by atoms with Crippen molar-refractivity contribution in [1.29, 1.82) is 0 Å². The van der Waals surface area contributed by atoms with Gasteiger partial charge in [0.2, 0.25) is 11.4 Å². The summed E-state index contributed by atoms with van der Waals surface area (Å²) in [5.41, 5.74) is 2.68. The first-order valence-corrected chi connectivity index (χ1v) is 6.03. The second-order valence-corrected chi connectivity index (χ2v) is 4.44. The van der Waals surface area contributed by atoms with E-state index in [-0.39, 0.29) is 12.4 Å². The standard InChI is InChI=1S/C13H11N3O5/c14-10(18)8-9(17)11(19)16-4-1-5-21-13(12(16)15-8)2-6-20-7-3-13/h1-3,5-7,17H,4H2,(H2,14,18). The van der Waals surface area contributed by atoms with Gasteiger partial charge in [0, 0.05) is 18.7 Å². The average molecular weight is 289 g/mol. The van der Waals surface area contributed by atoms with Crippen molar-refractivity contribution in [3.8, 4) is 5.75 Å². The van der Waals surface area contributed by atoms with Crippen LogP contribution in [0.5, 0.6) is 5.75 Å². The average Bonchev–Trinajstić information content (AvgIpc) is 2.64. The molecule has 0 aliphatic carbocycles. The van der Waals surface area contributed by atoms with Crippen LogP contribution in [0.25, 0.3) is 0 Å². The topological polar surface area (TPSA) is 117 Å². The third-order valence-corrected chi connectivity index (χ3v) is 3.16. The van der Waals surface area contributed by atoms with Gasteiger partial charge in [-0.05, 0) is 6.08 Å². The van der Waals surface area contributed by atoms with Gasteiger partial charge in [0.1, 0.15) is 0 Å². The maximum Gasteiger partial charge on any atom is 0.296 e. The monoisotopic (exact) mass is 289 g/mol. The van der Waals surface area contributed by atoms with Crippen molar-refractivity contribution in [2.45, 2.75) is 12.1 Å². The molecule has 0 unspecified atom stereocenters. The van der Waals surface area contributed by atoms with Crippen LogP contribution in [0, 0.1) is 0 Å². The summed E-state index contributed by atoms with van der Waals surface area (Å²) >= 11 is 0. The molecule has 1 amide bonds. The maximum atomic E-state index is 12.2. The van der Waals surface area contributed by atoms with E-state index in [9.17, 15) is 14.7 Å². The quantitative estimate of drug-likeness (QED) is 0.742. The minimum absolute atomic E-state index is 0.125. The number of hydrogen-bond acceptors (Lipinski definition) is 6. The van der Waals surface area contributed by atoms with Crippen LogP contribution in [0.4, 0.5) is 0 Å². The van der Waals surface area contributed by atoms with Gasteiger partial charge in [0.05, 0.1) is 18.8 Å². The van der Waals surface area contributed by atoms with Crippen molar-refractivity contribution in [2.75, 3.05) is 0 Å². The van der Waals surface area contributed by atoms with Gasteiger partial charge in [-0.3, -0.25) is 14.2 Å². The SMILES string of the molecule is NC(=O)c1nc2n(c(=O)c1O)CC=COC21C=COC=C1. The van der Waals surface area contributed by atoms with Crippen molar-refractivity contribution in [3.05, 3.63) is 58.9 Å². The number of nitrogens with zero attached hydrogens (tertiary/aromatic N) is 2. The largest absolute Gasteiger partial charge is 0.501 e. The highest BCUT2D eigenvalue weighted by Gasteiger charge is 2.38. The number of primary amides is 1. The second-order valence-electron chi connectivity index (χ2n) is 4.44. The van der Waals surface area contributed by atoms with Crippen LogP contribution >= 0.6 is 0 Å². The van der Waals surface area contributed by atoms with Gasteiger partial charge in [-0.15, -0.1) is 0 Å². The fourth-order valence-corrected chi connectivity index (χ4v) is 2.16. The Bertz CT molecular complexity index is 748. The molecule has 0 atom stereocenters. The van der Waals surface area contributed by atoms with E-state index >= 15 is 0 Å². The fraction of sp³-hybridized carbons (Fsp3) is 0.154. The van der Waals surface area contributed by atoms with E-state index in [1.165, 1.54) is 35.5 Å². The van der Waals surface area contributed by atoms with Crippen molar-refractivity contribution in [1.82, 2.24) is 9.55 Å². The van der Waals surface area contributed by atoms with Gasteiger partial charge in [-0.2, -0.15) is 0 Å². The van der Waals surface area contributed by atoms with E-state index in [4.69, 9.17) is 15.2 Å². The van der Waals surface area contributed by atoms with E-state index in [2.05, 4.69) is 4.98 Å². The predicted molar refractivity (Wildman–Crippen MR) is 69.9 cm³/mol. The number of hydrogen-bond donors (Lipinski definition) is 2. The molecule has 0 aromatic carbocycles. The number of allylic oxidation sites excluding steroid dienone is 1. The molecule has 3 rings (SSSR count). The Labute approximate surface area is 118 Å². The van der Waals surface area contributed by atoms with Gasteiger partial charge in [-0.1, -0.05) is 0 Å². The Morgan fingerprint density at radius 3 is 2.76 bits per heavy atom. The first kappa shape index (κ1) is 13.0. The summed E-state index contributed by atoms with van der Waals surface area (Å²) in [6.45, 7) is 0.137. The molecule has 108 valence electrons. The van der Waals surface area contributed by atoms with Crippen molar-refractivity contribution in [2.24, 2.45) is 5.73 Å². The fourth-order valence-electron chi connectivity index (χ4n) is 2.16. The Morgan fingerprint density at radius 2 is 2.10 bits per heavy atom. The van der Waals surface area contributed by atoms with E-state index in [1.807, 2.05) is 0 Å². The molecule has 0 saturated carbocycles. The number of rotatable bonds is 1. The Morgan fingerprint density at radius 1 is 1.38 bits per heavy atom. The first-order valence-electron chi connectivity index (χ1n) is 6.03. The van der Waals surface area contributed by atoms with Crippen LogP contribution in [0.1, 0.15) is 16.3 Å². The molecule has 1 spiro atoms. The Kier molecular flexibility index (Phi) is 2.79. The van der Waals surface area contributed by atoms with Crippen molar-refractivity contribution < 1.29 is 19.4 Å². The lowest BCUT2D eigenvalue weighted by molar-refractivity contribution is 0.0917. The zero-order chi connectivity index (χ0) is 15.0. The van der Waals surface area contributed by atoms with Crippen molar-refractivity contribution in [3.63, 3.8) is 0 Å². The number of aromatic hydroxyl groups is 1. The van der Waals surface area contributed by atoms with Crippen LogP contribution in [0.2, 0.25) is 0 Å². The van der Waals surface area contributed by atoms with Crippen LogP contribution in [0.15, 0.2) is 41.8 Å². The predicted octanol–water partition coefficient (Wildman–Crippen LogP) is -0.155. The zero-order valence-electron chi connectivity index (χ0n) is 10.7. The van der Waals surface area contributed by atoms with E-state index < -0.39 is 28.5 Å². The molecule has 2 aliphatic heterocycles. The van der Waals surface area contributed by atoms with E-state index in [1.54, 1.807) is 6.08 Å². The van der Waals surface area contributed by atoms with Gasteiger partial charge in [0.15, 0.2) is 11.5 Å². The Hall–Kier alpha value is -3.03. The number of aromatic nitrogens is 2. The van der Waals surface area contributed by atoms with Gasteiger partial charge >= 0.3 is 0 Å². The van der Waals surface area contributed by atoms with E-state index in [0.29, 0.717) is 0 Å².